The molecule has 34 heavy (non-hydrogen) atoms. The second-order valence-electron chi connectivity index (χ2n) is 8.66. The van der Waals surface area contributed by atoms with Gasteiger partial charge in [-0.3, -0.25) is 9.59 Å². The van der Waals surface area contributed by atoms with Gasteiger partial charge in [0.15, 0.2) is 6.10 Å². The van der Waals surface area contributed by atoms with Gasteiger partial charge in [-0.25, -0.2) is 0 Å². The third-order valence-corrected chi connectivity index (χ3v) is 6.45. The van der Waals surface area contributed by atoms with Crippen LogP contribution >= 0.6 is 0 Å². The molecule has 0 spiro atoms. The first-order valence-electron chi connectivity index (χ1n) is 11.2. The molecule has 0 aromatic heterocycles. The number of hydrogen-bond donors (Lipinski definition) is 1. The number of esters is 1. The molecule has 4 rings (SSSR count). The molecule has 2 heterocycles. The smallest absolute Gasteiger partial charge is 0.416 e. The zero-order valence-electron chi connectivity index (χ0n) is 19.0. The Morgan fingerprint density at radius 2 is 1.91 bits per heavy atom. The number of benzene rings is 2. The van der Waals surface area contributed by atoms with E-state index in [1.54, 1.807) is 30.3 Å². The number of amides is 1. The highest BCUT2D eigenvalue weighted by Crippen LogP contribution is 2.43. The topological polar surface area (TPSA) is 67.9 Å². The van der Waals surface area contributed by atoms with Crippen LogP contribution in [0, 0.1) is 0 Å². The highest BCUT2D eigenvalue weighted by Gasteiger charge is 2.44. The molecule has 0 radical (unpaired) electrons. The largest absolute Gasteiger partial charge is 0.497 e. The van der Waals surface area contributed by atoms with Crippen LogP contribution in [0.4, 0.5) is 18.9 Å². The van der Waals surface area contributed by atoms with E-state index in [1.165, 1.54) is 25.0 Å². The Hall–Kier alpha value is -3.07. The average Bonchev–Trinajstić information content (AvgIpc) is 3.28. The van der Waals surface area contributed by atoms with Crippen LogP contribution in [0.2, 0.25) is 0 Å². The summed E-state index contributed by atoms with van der Waals surface area (Å²) >= 11 is 0. The van der Waals surface area contributed by atoms with Crippen molar-refractivity contribution in [2.45, 2.75) is 50.4 Å². The number of anilines is 1. The Morgan fingerprint density at radius 1 is 1.18 bits per heavy atom. The van der Waals surface area contributed by atoms with Crippen LogP contribution in [-0.4, -0.2) is 44.2 Å². The monoisotopic (exact) mass is 476 g/mol. The highest BCUT2D eigenvalue weighted by atomic mass is 19.4. The summed E-state index contributed by atoms with van der Waals surface area (Å²) in [5, 5.41) is 3.29. The highest BCUT2D eigenvalue weighted by molar-refractivity contribution is 6.00. The zero-order valence-corrected chi connectivity index (χ0v) is 19.0. The van der Waals surface area contributed by atoms with Crippen molar-refractivity contribution < 1.29 is 32.2 Å². The number of fused-ring (bicyclic) bond motifs is 1. The van der Waals surface area contributed by atoms with Gasteiger partial charge in [0.1, 0.15) is 5.75 Å². The van der Waals surface area contributed by atoms with Crippen LogP contribution in [0.1, 0.15) is 42.4 Å². The molecule has 9 heteroatoms. The minimum absolute atomic E-state index is 0.0248. The molecular formula is C25H27F3N2O4. The number of methoxy groups -OCH3 is 1. The molecule has 2 aromatic rings. The molecule has 3 atom stereocenters. The molecule has 182 valence electrons. The summed E-state index contributed by atoms with van der Waals surface area (Å²) in [6, 6.07) is 10.6. The lowest BCUT2D eigenvalue weighted by Gasteiger charge is -2.30. The molecule has 1 N–H and O–H groups in total. The Kier molecular flexibility index (Phi) is 6.84. The molecule has 2 aliphatic rings. The van der Waals surface area contributed by atoms with E-state index >= 15 is 0 Å². The Labute approximate surface area is 196 Å². The summed E-state index contributed by atoms with van der Waals surface area (Å²) < 4.78 is 52.9. The van der Waals surface area contributed by atoms with Crippen LogP contribution < -0.4 is 15.0 Å². The second-order valence-corrected chi connectivity index (χ2v) is 8.66. The SMILES string of the molecule is COc1ccc([C@@H]2Cc3c(cccc3C(F)(F)F)N(C[C@@H]3CCCN3)C(=O)[C@@H]2OC(C)=O)cc1. The van der Waals surface area contributed by atoms with Crippen molar-refractivity contribution in [3.05, 3.63) is 59.2 Å². The number of alkyl halides is 3. The Morgan fingerprint density at radius 3 is 2.50 bits per heavy atom. The zero-order chi connectivity index (χ0) is 24.5. The minimum Gasteiger partial charge on any atom is -0.497 e. The van der Waals surface area contributed by atoms with Crippen LogP contribution in [0.5, 0.6) is 5.75 Å². The lowest BCUT2D eigenvalue weighted by atomic mass is 9.86. The molecule has 1 saturated heterocycles. The van der Waals surface area contributed by atoms with E-state index in [0.29, 0.717) is 11.3 Å². The number of nitrogens with one attached hydrogen (secondary N) is 1. The van der Waals surface area contributed by atoms with Gasteiger partial charge in [0, 0.05) is 31.1 Å². The number of ether oxygens (including phenoxy) is 2. The summed E-state index contributed by atoms with van der Waals surface area (Å²) in [5.41, 5.74) is 0.0341. The molecule has 0 aliphatic carbocycles. The first kappa shape index (κ1) is 24.1. The summed E-state index contributed by atoms with van der Waals surface area (Å²) in [5.74, 6) is -1.43. The van der Waals surface area contributed by atoms with Crippen LogP contribution in [0.3, 0.4) is 0 Å². The number of nitrogens with zero attached hydrogens (tertiary/aromatic N) is 1. The third-order valence-electron chi connectivity index (χ3n) is 6.45. The van der Waals surface area contributed by atoms with Crippen molar-refractivity contribution in [2.75, 3.05) is 25.1 Å². The summed E-state index contributed by atoms with van der Waals surface area (Å²) in [4.78, 5) is 27.2. The Balaban J connectivity index is 1.87. The van der Waals surface area contributed by atoms with Crippen molar-refractivity contribution in [2.24, 2.45) is 0 Å². The van der Waals surface area contributed by atoms with Crippen LogP contribution in [0.15, 0.2) is 42.5 Å². The maximum atomic E-state index is 14.1. The average molecular weight is 476 g/mol. The van der Waals surface area contributed by atoms with Crippen molar-refractivity contribution >= 4 is 17.6 Å². The van der Waals surface area contributed by atoms with Gasteiger partial charge in [-0.15, -0.1) is 0 Å². The summed E-state index contributed by atoms with van der Waals surface area (Å²) in [6.07, 6.45) is -4.25. The number of halogens is 3. The molecular weight excluding hydrogens is 449 g/mol. The summed E-state index contributed by atoms with van der Waals surface area (Å²) in [7, 11) is 1.51. The van der Waals surface area contributed by atoms with Crippen molar-refractivity contribution in [3.63, 3.8) is 0 Å². The second kappa shape index (κ2) is 9.66. The standard InChI is InChI=1S/C25H27F3N2O4/c1-15(31)34-23-19(16-8-10-18(33-2)11-9-16)13-20-21(25(26,27)28)6-3-7-22(20)30(24(23)32)14-17-5-4-12-29-17/h3,6-11,17,19,23,29H,4-5,12-14H2,1-2H3/t17-,19-,23+/m0/s1. The van der Waals surface area contributed by atoms with Gasteiger partial charge < -0.3 is 19.7 Å². The lowest BCUT2D eigenvalue weighted by molar-refractivity contribution is -0.154. The molecule has 6 nitrogen and oxygen atoms in total. The molecule has 0 saturated carbocycles. The van der Waals surface area contributed by atoms with E-state index in [0.717, 1.165) is 25.5 Å². The van der Waals surface area contributed by atoms with Gasteiger partial charge in [-0.1, -0.05) is 18.2 Å². The predicted octanol–water partition coefficient (Wildman–Crippen LogP) is 4.07. The Bertz CT molecular complexity index is 1050. The quantitative estimate of drug-likeness (QED) is 0.659. The van der Waals surface area contributed by atoms with E-state index in [4.69, 9.17) is 9.47 Å². The van der Waals surface area contributed by atoms with Gasteiger partial charge >= 0.3 is 12.1 Å². The maximum Gasteiger partial charge on any atom is 0.416 e. The molecule has 2 aromatic carbocycles. The normalized spacial score (nSPS) is 22.8. The van der Waals surface area contributed by atoms with Crippen molar-refractivity contribution in [3.8, 4) is 5.75 Å². The maximum absolute atomic E-state index is 14.1. The van der Waals surface area contributed by atoms with Crippen molar-refractivity contribution in [1.82, 2.24) is 5.32 Å². The fourth-order valence-electron chi connectivity index (χ4n) is 4.86. The number of rotatable bonds is 5. The molecule has 2 aliphatic heterocycles. The number of carbonyl (C=O) groups excluding carboxylic acids is 2. The first-order chi connectivity index (χ1) is 16.2. The molecule has 1 fully saturated rings. The number of carbonyl (C=O) groups is 2. The lowest BCUT2D eigenvalue weighted by Crippen LogP contribution is -2.47. The fraction of sp³-hybridized carbons (Fsp3) is 0.440. The first-order valence-corrected chi connectivity index (χ1v) is 11.2. The summed E-state index contributed by atoms with van der Waals surface area (Å²) in [6.45, 7) is 2.17. The molecule has 0 bridgehead atoms. The van der Waals surface area contributed by atoms with Crippen LogP contribution in [-0.2, 0) is 26.9 Å². The van der Waals surface area contributed by atoms with Gasteiger partial charge in [0.2, 0.25) is 0 Å². The van der Waals surface area contributed by atoms with Gasteiger partial charge in [-0.2, -0.15) is 13.2 Å². The molecule has 0 unspecified atom stereocenters. The van der Waals surface area contributed by atoms with Crippen LogP contribution in [0.25, 0.3) is 0 Å². The number of hydrogen-bond acceptors (Lipinski definition) is 5. The minimum atomic E-state index is -4.60. The van der Waals surface area contributed by atoms with E-state index < -0.39 is 35.6 Å². The van der Waals surface area contributed by atoms with E-state index in [2.05, 4.69) is 5.32 Å². The molecule has 1 amide bonds. The fourth-order valence-corrected chi connectivity index (χ4v) is 4.86. The van der Waals surface area contributed by atoms with E-state index in [-0.39, 0.29) is 30.3 Å². The van der Waals surface area contributed by atoms with E-state index in [1.807, 2.05) is 0 Å². The van der Waals surface area contributed by atoms with Gasteiger partial charge in [-0.05, 0) is 61.2 Å². The predicted molar refractivity (Wildman–Crippen MR) is 120 cm³/mol. The van der Waals surface area contributed by atoms with Gasteiger partial charge in [0.25, 0.3) is 5.91 Å². The van der Waals surface area contributed by atoms with Crippen molar-refractivity contribution in [1.29, 1.82) is 0 Å². The van der Waals surface area contributed by atoms with Gasteiger partial charge in [0.05, 0.1) is 12.7 Å². The third kappa shape index (κ3) is 4.89. The van der Waals surface area contributed by atoms with E-state index in [9.17, 15) is 22.8 Å².